The number of rotatable bonds is 2. The molecule has 15 heavy (non-hydrogen) atoms. The molecular formula is C11H13BrFNO. The van der Waals surface area contributed by atoms with Gasteiger partial charge in [-0.15, -0.1) is 0 Å². The van der Waals surface area contributed by atoms with Crippen molar-refractivity contribution in [3.05, 3.63) is 34.1 Å². The second kappa shape index (κ2) is 4.20. The standard InChI is InChI=1S/C11H13BrFNO/c12-10-2-1-9(13)5-8(10)6-11(15)3-4-14-7-11/h1-2,5,14-15H,3-4,6-7H2. The Kier molecular flexibility index (Phi) is 3.09. The second-order valence-corrected chi connectivity index (χ2v) is 4.92. The zero-order chi connectivity index (χ0) is 10.9. The molecule has 1 unspecified atom stereocenters. The molecule has 1 aromatic carbocycles. The lowest BCUT2D eigenvalue weighted by molar-refractivity contribution is 0.0617. The third-order valence-electron chi connectivity index (χ3n) is 2.75. The average Bonchev–Trinajstić information content (AvgIpc) is 2.59. The van der Waals surface area contributed by atoms with Crippen LogP contribution in [-0.4, -0.2) is 23.8 Å². The molecule has 0 amide bonds. The number of β-amino-alcohol motifs (C(OH)–C–C–N with tert-alkyl or cyclic N) is 1. The van der Waals surface area contributed by atoms with E-state index in [1.54, 1.807) is 6.07 Å². The fourth-order valence-electron chi connectivity index (χ4n) is 1.91. The highest BCUT2D eigenvalue weighted by Gasteiger charge is 2.31. The fraction of sp³-hybridized carbons (Fsp3) is 0.455. The van der Waals surface area contributed by atoms with Crippen LogP contribution in [0.5, 0.6) is 0 Å². The smallest absolute Gasteiger partial charge is 0.123 e. The minimum Gasteiger partial charge on any atom is -0.388 e. The Labute approximate surface area is 96.6 Å². The van der Waals surface area contributed by atoms with E-state index in [9.17, 15) is 9.50 Å². The lowest BCUT2D eigenvalue weighted by atomic mass is 9.94. The quantitative estimate of drug-likeness (QED) is 0.862. The minimum absolute atomic E-state index is 0.261. The summed E-state index contributed by atoms with van der Waals surface area (Å²) < 4.78 is 13.9. The Hall–Kier alpha value is -0.450. The van der Waals surface area contributed by atoms with Gasteiger partial charge in [0.2, 0.25) is 0 Å². The van der Waals surface area contributed by atoms with Crippen molar-refractivity contribution in [2.75, 3.05) is 13.1 Å². The van der Waals surface area contributed by atoms with Crippen molar-refractivity contribution in [1.82, 2.24) is 5.32 Å². The van der Waals surface area contributed by atoms with Gasteiger partial charge in [0, 0.05) is 17.4 Å². The van der Waals surface area contributed by atoms with Crippen LogP contribution in [0.25, 0.3) is 0 Å². The molecule has 1 saturated heterocycles. The molecule has 1 atom stereocenters. The summed E-state index contributed by atoms with van der Waals surface area (Å²) in [6.45, 7) is 1.40. The van der Waals surface area contributed by atoms with E-state index in [0.29, 0.717) is 13.0 Å². The summed E-state index contributed by atoms with van der Waals surface area (Å²) in [5, 5.41) is 13.3. The molecule has 0 spiro atoms. The molecule has 1 aromatic rings. The highest BCUT2D eigenvalue weighted by atomic mass is 79.9. The minimum atomic E-state index is -0.726. The Balaban J connectivity index is 2.19. The van der Waals surface area contributed by atoms with Crippen molar-refractivity contribution >= 4 is 15.9 Å². The number of benzene rings is 1. The number of aliphatic hydroxyl groups is 1. The van der Waals surface area contributed by atoms with E-state index in [0.717, 1.165) is 23.0 Å². The first-order valence-corrected chi connectivity index (χ1v) is 5.75. The lowest BCUT2D eigenvalue weighted by Gasteiger charge is -2.21. The van der Waals surface area contributed by atoms with Crippen LogP contribution >= 0.6 is 15.9 Å². The number of hydrogen-bond acceptors (Lipinski definition) is 2. The summed E-state index contributed by atoms with van der Waals surface area (Å²) in [7, 11) is 0. The molecule has 0 saturated carbocycles. The largest absolute Gasteiger partial charge is 0.388 e. The van der Waals surface area contributed by atoms with Crippen molar-refractivity contribution in [3.63, 3.8) is 0 Å². The third kappa shape index (κ3) is 2.56. The van der Waals surface area contributed by atoms with Gasteiger partial charge in [-0.3, -0.25) is 0 Å². The van der Waals surface area contributed by atoms with E-state index in [4.69, 9.17) is 0 Å². The van der Waals surface area contributed by atoms with Crippen molar-refractivity contribution in [3.8, 4) is 0 Å². The van der Waals surface area contributed by atoms with E-state index in [-0.39, 0.29) is 5.82 Å². The first-order chi connectivity index (χ1) is 7.09. The van der Waals surface area contributed by atoms with Crippen LogP contribution in [0.1, 0.15) is 12.0 Å². The van der Waals surface area contributed by atoms with Crippen molar-refractivity contribution in [2.24, 2.45) is 0 Å². The summed E-state index contributed by atoms with van der Waals surface area (Å²) in [5.41, 5.74) is 0.0947. The Morgan fingerprint density at radius 3 is 3.00 bits per heavy atom. The topological polar surface area (TPSA) is 32.3 Å². The van der Waals surface area contributed by atoms with Crippen LogP contribution in [-0.2, 0) is 6.42 Å². The van der Waals surface area contributed by atoms with Gasteiger partial charge in [0.15, 0.2) is 0 Å². The number of hydrogen-bond donors (Lipinski definition) is 2. The monoisotopic (exact) mass is 273 g/mol. The zero-order valence-corrected chi connectivity index (χ0v) is 9.85. The fourth-order valence-corrected chi connectivity index (χ4v) is 2.30. The molecule has 0 aliphatic carbocycles. The lowest BCUT2D eigenvalue weighted by Crippen LogP contribution is -2.33. The van der Waals surface area contributed by atoms with Gasteiger partial charge in [0.25, 0.3) is 0 Å². The Morgan fingerprint density at radius 2 is 2.33 bits per heavy atom. The van der Waals surface area contributed by atoms with E-state index in [1.807, 2.05) is 0 Å². The molecular weight excluding hydrogens is 261 g/mol. The van der Waals surface area contributed by atoms with Crippen LogP contribution in [0.4, 0.5) is 4.39 Å². The van der Waals surface area contributed by atoms with Crippen LogP contribution in [0.15, 0.2) is 22.7 Å². The first kappa shape index (κ1) is 11.0. The molecule has 4 heteroatoms. The van der Waals surface area contributed by atoms with Gasteiger partial charge in [-0.1, -0.05) is 15.9 Å². The number of halogens is 2. The predicted molar refractivity (Wildman–Crippen MR) is 60.2 cm³/mol. The van der Waals surface area contributed by atoms with Crippen LogP contribution in [0.3, 0.4) is 0 Å². The van der Waals surface area contributed by atoms with Crippen molar-refractivity contribution in [2.45, 2.75) is 18.4 Å². The molecule has 2 N–H and O–H groups in total. The molecule has 0 aromatic heterocycles. The molecule has 1 aliphatic rings. The van der Waals surface area contributed by atoms with Gasteiger partial charge in [-0.2, -0.15) is 0 Å². The van der Waals surface area contributed by atoms with Crippen molar-refractivity contribution < 1.29 is 9.50 Å². The van der Waals surface area contributed by atoms with Gasteiger partial charge < -0.3 is 10.4 Å². The highest BCUT2D eigenvalue weighted by Crippen LogP contribution is 2.26. The van der Waals surface area contributed by atoms with Gasteiger partial charge in [-0.05, 0) is 36.7 Å². The van der Waals surface area contributed by atoms with Gasteiger partial charge in [0.05, 0.1) is 5.60 Å². The molecule has 0 radical (unpaired) electrons. The summed E-state index contributed by atoms with van der Waals surface area (Å²) in [6, 6.07) is 4.56. The summed E-state index contributed by atoms with van der Waals surface area (Å²) in [4.78, 5) is 0. The Bertz CT molecular complexity index is 364. The first-order valence-electron chi connectivity index (χ1n) is 4.96. The van der Waals surface area contributed by atoms with Gasteiger partial charge in [0.1, 0.15) is 5.82 Å². The summed E-state index contributed by atoms with van der Waals surface area (Å²) in [6.07, 6.45) is 1.20. The average molecular weight is 274 g/mol. The second-order valence-electron chi connectivity index (χ2n) is 4.06. The van der Waals surface area contributed by atoms with E-state index >= 15 is 0 Å². The molecule has 82 valence electrons. The summed E-state index contributed by atoms with van der Waals surface area (Å²) in [5.74, 6) is -0.261. The van der Waals surface area contributed by atoms with E-state index in [2.05, 4.69) is 21.2 Å². The predicted octanol–water partition coefficient (Wildman–Crippen LogP) is 1.86. The Morgan fingerprint density at radius 1 is 1.53 bits per heavy atom. The van der Waals surface area contributed by atoms with Gasteiger partial charge >= 0.3 is 0 Å². The maximum Gasteiger partial charge on any atom is 0.123 e. The van der Waals surface area contributed by atoms with E-state index in [1.165, 1.54) is 12.1 Å². The molecule has 2 nitrogen and oxygen atoms in total. The zero-order valence-electron chi connectivity index (χ0n) is 8.26. The molecule has 1 fully saturated rings. The van der Waals surface area contributed by atoms with Crippen molar-refractivity contribution in [1.29, 1.82) is 0 Å². The number of nitrogens with one attached hydrogen (secondary N) is 1. The molecule has 0 bridgehead atoms. The maximum absolute atomic E-state index is 13.0. The van der Waals surface area contributed by atoms with Crippen LogP contribution in [0.2, 0.25) is 0 Å². The normalized spacial score (nSPS) is 25.8. The highest BCUT2D eigenvalue weighted by molar-refractivity contribution is 9.10. The molecule has 1 aliphatic heterocycles. The maximum atomic E-state index is 13.0. The van der Waals surface area contributed by atoms with E-state index < -0.39 is 5.60 Å². The third-order valence-corrected chi connectivity index (χ3v) is 3.52. The molecule has 2 rings (SSSR count). The van der Waals surface area contributed by atoms with Crippen LogP contribution in [0, 0.1) is 5.82 Å². The SMILES string of the molecule is OC1(Cc2cc(F)ccc2Br)CCNC1. The summed E-state index contributed by atoms with van der Waals surface area (Å²) >= 11 is 3.36. The molecule has 1 heterocycles. The van der Waals surface area contributed by atoms with Crippen LogP contribution < -0.4 is 5.32 Å². The van der Waals surface area contributed by atoms with Gasteiger partial charge in [-0.25, -0.2) is 4.39 Å².